The maximum atomic E-state index is 16.4. The van der Waals surface area contributed by atoms with Crippen LogP contribution in [0.2, 0.25) is 0 Å². The number of primary amides is 1. The molecule has 0 spiro atoms. The molecule has 2 aromatic heterocycles. The molecule has 0 bridgehead atoms. The lowest BCUT2D eigenvalue weighted by Gasteiger charge is -2.38. The van der Waals surface area contributed by atoms with Gasteiger partial charge in [0.15, 0.2) is 16.6 Å². The summed E-state index contributed by atoms with van der Waals surface area (Å²) in [5.74, 6) is -1.16. The lowest BCUT2D eigenvalue weighted by molar-refractivity contribution is -0.121. The van der Waals surface area contributed by atoms with Crippen molar-refractivity contribution in [2.75, 3.05) is 0 Å². The van der Waals surface area contributed by atoms with Crippen molar-refractivity contribution in [3.05, 3.63) is 83.4 Å². The van der Waals surface area contributed by atoms with Gasteiger partial charge in [-0.15, -0.1) is 11.3 Å². The van der Waals surface area contributed by atoms with Gasteiger partial charge >= 0.3 is 6.09 Å². The fourth-order valence-corrected chi connectivity index (χ4v) is 5.09. The predicted molar refractivity (Wildman–Crippen MR) is 142 cm³/mol. The van der Waals surface area contributed by atoms with E-state index >= 15 is 4.39 Å². The highest BCUT2D eigenvalue weighted by molar-refractivity contribution is 7.12. The van der Waals surface area contributed by atoms with E-state index in [1.54, 1.807) is 34.6 Å². The summed E-state index contributed by atoms with van der Waals surface area (Å²) in [5.41, 5.74) is 4.25. The van der Waals surface area contributed by atoms with Crippen molar-refractivity contribution in [2.45, 2.75) is 50.9 Å². The number of amides is 2. The van der Waals surface area contributed by atoms with Crippen LogP contribution in [0.5, 0.6) is 0 Å². The highest BCUT2D eigenvalue weighted by Gasteiger charge is 2.44. The van der Waals surface area contributed by atoms with E-state index in [-0.39, 0.29) is 12.1 Å². The molecule has 38 heavy (non-hydrogen) atoms. The number of thiazole rings is 1. The Labute approximate surface area is 223 Å². The van der Waals surface area contributed by atoms with E-state index in [9.17, 15) is 14.4 Å². The Hall–Kier alpha value is -4.12. The van der Waals surface area contributed by atoms with Crippen LogP contribution in [0.25, 0.3) is 10.7 Å². The second-order valence-corrected chi connectivity index (χ2v) is 10.5. The van der Waals surface area contributed by atoms with E-state index < -0.39 is 41.5 Å². The van der Waals surface area contributed by atoms with E-state index in [2.05, 4.69) is 15.3 Å². The highest BCUT2D eigenvalue weighted by atomic mass is 32.1. The number of imidazole rings is 1. The molecule has 3 N–H and O–H groups in total. The van der Waals surface area contributed by atoms with Crippen LogP contribution in [-0.2, 0) is 9.53 Å². The number of Topliss-reactive ketones (excluding diaryl/α,β-unsaturated/α-hetero) is 1. The van der Waals surface area contributed by atoms with Crippen LogP contribution < -0.4 is 11.1 Å². The van der Waals surface area contributed by atoms with Gasteiger partial charge in [0.25, 0.3) is 0 Å². The Morgan fingerprint density at radius 1 is 1.26 bits per heavy atom. The molecule has 1 aromatic carbocycles. The number of halogens is 1. The fourth-order valence-electron chi connectivity index (χ4n) is 4.32. The number of rotatable bonds is 9. The minimum Gasteiger partial charge on any atom is -0.444 e. The van der Waals surface area contributed by atoms with Crippen LogP contribution in [-0.4, -0.2) is 49.6 Å². The number of carbonyl (C=O) groups excluding carboxylic acids is 3. The molecule has 0 aliphatic heterocycles. The molecule has 11 heteroatoms. The summed E-state index contributed by atoms with van der Waals surface area (Å²) in [5, 5.41) is 4.77. The zero-order valence-corrected chi connectivity index (χ0v) is 22.0. The number of hydrogen-bond donors (Lipinski definition) is 2. The van der Waals surface area contributed by atoms with Crippen LogP contribution in [0.4, 0.5) is 9.18 Å². The van der Waals surface area contributed by atoms with Crippen LogP contribution in [0.1, 0.15) is 48.4 Å². The summed E-state index contributed by atoms with van der Waals surface area (Å²) in [6.07, 6.45) is 6.10. The monoisotopic (exact) mass is 537 g/mol. The van der Waals surface area contributed by atoms with Crippen molar-refractivity contribution in [2.24, 2.45) is 5.73 Å². The van der Waals surface area contributed by atoms with Crippen molar-refractivity contribution in [1.29, 1.82) is 0 Å². The first-order valence-electron chi connectivity index (χ1n) is 11.9. The molecule has 2 atom stereocenters. The summed E-state index contributed by atoms with van der Waals surface area (Å²) in [4.78, 5) is 45.5. The number of allylic oxidation sites excluding steroid dienone is 2. The van der Waals surface area contributed by atoms with Gasteiger partial charge < -0.3 is 15.8 Å². The zero-order chi connectivity index (χ0) is 27.5. The number of nitrogens with two attached hydrogens (primary N) is 1. The third-order valence-electron chi connectivity index (χ3n) is 5.93. The van der Waals surface area contributed by atoms with Crippen LogP contribution >= 0.6 is 11.3 Å². The Balaban J connectivity index is 1.52. The molecule has 2 heterocycles. The minimum absolute atomic E-state index is 0.137. The fraction of sp³-hybridized carbons (Fsp3) is 0.296. The van der Waals surface area contributed by atoms with Gasteiger partial charge in [-0.25, -0.2) is 19.2 Å². The average molecular weight is 538 g/mol. The first-order chi connectivity index (χ1) is 17.9. The number of benzene rings is 1. The van der Waals surface area contributed by atoms with Gasteiger partial charge in [0.05, 0.1) is 18.2 Å². The number of alkyl halides is 1. The molecule has 0 radical (unpaired) electrons. The molecule has 2 unspecified atom stereocenters. The second-order valence-electron chi connectivity index (χ2n) is 9.69. The first-order valence-corrected chi connectivity index (χ1v) is 12.7. The van der Waals surface area contributed by atoms with E-state index in [0.29, 0.717) is 10.7 Å². The maximum Gasteiger partial charge on any atom is 0.405 e. The first kappa shape index (κ1) is 26.9. The number of nitrogens with zero attached hydrogens (tertiary/aromatic N) is 3. The van der Waals surface area contributed by atoms with Gasteiger partial charge in [-0.1, -0.05) is 42.5 Å². The maximum absolute atomic E-state index is 16.4. The van der Waals surface area contributed by atoms with Crippen molar-refractivity contribution >= 4 is 34.7 Å². The number of ketones is 1. The van der Waals surface area contributed by atoms with Gasteiger partial charge in [-0.2, -0.15) is 0 Å². The van der Waals surface area contributed by atoms with Crippen LogP contribution in [0.3, 0.4) is 0 Å². The molecule has 2 amide bonds. The van der Waals surface area contributed by atoms with E-state index in [4.69, 9.17) is 10.5 Å². The molecule has 0 saturated carbocycles. The number of ether oxygens (including phenoxy) is 1. The Morgan fingerprint density at radius 3 is 2.66 bits per heavy atom. The van der Waals surface area contributed by atoms with Gasteiger partial charge in [0, 0.05) is 18.0 Å². The van der Waals surface area contributed by atoms with E-state index in [1.165, 1.54) is 31.3 Å². The van der Waals surface area contributed by atoms with E-state index in [0.717, 1.165) is 11.3 Å². The number of nitrogens with one attached hydrogen (secondary N) is 1. The molecule has 4 rings (SSSR count). The Bertz CT molecular complexity index is 1410. The van der Waals surface area contributed by atoms with Gasteiger partial charge in [0.2, 0.25) is 5.91 Å². The molecule has 1 aliphatic carbocycles. The molecule has 198 valence electrons. The average Bonchev–Trinajstić information content (AvgIpc) is 3.49. The SMILES string of the molecule is Cc1cn(-c2nc(C(=O)CC(=O)NC3C=C(c4ccccc4)C=CC3(F)CC(C)(C)OC(N)=O)cs2)cn1. The smallest absolute Gasteiger partial charge is 0.405 e. The standard InChI is InChI=1S/C27H28FN5O4S/c1-17-13-33(16-30-17)25-31-20(14-38-25)21(34)12-23(35)32-22-11-19(18-7-5-4-6-8-18)9-10-27(22,28)15-26(2,3)37-24(29)36/h4-11,13-14,16,22H,12,15H2,1-3H3,(H2,29,36)(H,32,35). The van der Waals surface area contributed by atoms with Crippen molar-refractivity contribution in [1.82, 2.24) is 19.9 Å². The molecule has 0 saturated heterocycles. The molecule has 1 aliphatic rings. The normalized spacial score (nSPS) is 19.1. The van der Waals surface area contributed by atoms with Crippen molar-refractivity contribution in [3.8, 4) is 5.13 Å². The third kappa shape index (κ3) is 6.41. The van der Waals surface area contributed by atoms with Crippen molar-refractivity contribution < 1.29 is 23.5 Å². The Morgan fingerprint density at radius 2 is 2.00 bits per heavy atom. The second kappa shape index (κ2) is 10.7. The minimum atomic E-state index is -2.12. The highest BCUT2D eigenvalue weighted by Crippen LogP contribution is 2.37. The molecular formula is C27H28FN5O4S. The largest absolute Gasteiger partial charge is 0.444 e. The number of carbonyl (C=O) groups is 3. The third-order valence-corrected chi connectivity index (χ3v) is 6.79. The molecule has 9 nitrogen and oxygen atoms in total. The van der Waals surface area contributed by atoms with Crippen LogP contribution in [0.15, 0.2) is 66.5 Å². The van der Waals surface area contributed by atoms with Gasteiger partial charge in [-0.05, 0) is 38.0 Å². The number of hydrogen-bond acceptors (Lipinski definition) is 7. The lowest BCUT2D eigenvalue weighted by atomic mass is 9.79. The molecular weight excluding hydrogens is 509 g/mol. The number of aromatic nitrogens is 3. The summed E-state index contributed by atoms with van der Waals surface area (Å²) in [6.45, 7) is 4.91. The molecule has 3 aromatic rings. The zero-order valence-electron chi connectivity index (χ0n) is 21.2. The quantitative estimate of drug-likeness (QED) is 0.309. The summed E-state index contributed by atoms with van der Waals surface area (Å²) in [6, 6.07) is 8.16. The Kier molecular flexibility index (Phi) is 7.58. The summed E-state index contributed by atoms with van der Waals surface area (Å²) < 4.78 is 23.2. The number of aryl methyl sites for hydroxylation is 1. The predicted octanol–water partition coefficient (Wildman–Crippen LogP) is 4.32. The summed E-state index contributed by atoms with van der Waals surface area (Å²) in [7, 11) is 0. The topological polar surface area (TPSA) is 129 Å². The summed E-state index contributed by atoms with van der Waals surface area (Å²) >= 11 is 1.24. The van der Waals surface area contributed by atoms with Gasteiger partial charge in [-0.3, -0.25) is 14.2 Å². The molecule has 0 fully saturated rings. The van der Waals surface area contributed by atoms with E-state index in [1.807, 2.05) is 37.3 Å². The van der Waals surface area contributed by atoms with Crippen LogP contribution in [0, 0.1) is 6.92 Å². The van der Waals surface area contributed by atoms with Crippen molar-refractivity contribution in [3.63, 3.8) is 0 Å². The van der Waals surface area contributed by atoms with Gasteiger partial charge in [0.1, 0.15) is 17.6 Å². The lowest BCUT2D eigenvalue weighted by Crippen LogP contribution is -2.53.